The van der Waals surface area contributed by atoms with Gasteiger partial charge in [-0.3, -0.25) is 4.98 Å². The molecule has 0 fully saturated rings. The van der Waals surface area contributed by atoms with Crippen LogP contribution in [0.25, 0.3) is 10.9 Å². The predicted molar refractivity (Wildman–Crippen MR) is 108 cm³/mol. The fraction of sp³-hybridized carbons (Fsp3) is 0.250. The van der Waals surface area contributed by atoms with Crippen molar-refractivity contribution in [2.24, 2.45) is 0 Å². The zero-order valence-corrected chi connectivity index (χ0v) is 16.6. The summed E-state index contributed by atoms with van der Waals surface area (Å²) in [4.78, 5) is 7.24. The Labute approximate surface area is 161 Å². The van der Waals surface area contributed by atoms with E-state index in [4.69, 9.17) is 0 Å². The number of para-hydroxylation sites is 1. The first-order chi connectivity index (χ1) is 12.0. The van der Waals surface area contributed by atoms with Crippen LogP contribution < -0.4 is 0 Å². The van der Waals surface area contributed by atoms with Crippen LogP contribution in [-0.4, -0.2) is 38.4 Å². The third kappa shape index (κ3) is 4.23. The van der Waals surface area contributed by atoms with Gasteiger partial charge in [0.05, 0.1) is 15.3 Å². The predicted octanol–water partition coefficient (Wildman–Crippen LogP) is 3.98. The van der Waals surface area contributed by atoms with E-state index >= 15 is 0 Å². The molecule has 1 aromatic heterocycles. The number of nitrogens with zero attached hydrogens (tertiary/aromatic N) is 2. The van der Waals surface area contributed by atoms with Crippen molar-refractivity contribution in [1.29, 1.82) is 0 Å². The molecule has 2 aromatic carbocycles. The van der Waals surface area contributed by atoms with E-state index in [2.05, 4.69) is 29.9 Å². The summed E-state index contributed by atoms with van der Waals surface area (Å²) in [5.41, 5.74) is 2.01. The summed E-state index contributed by atoms with van der Waals surface area (Å²) in [6.45, 7) is 4.07. The molecule has 0 aliphatic rings. The molecule has 0 aliphatic carbocycles. The summed E-state index contributed by atoms with van der Waals surface area (Å²) in [5, 5.41) is 0.855. The van der Waals surface area contributed by atoms with Crippen molar-refractivity contribution in [2.75, 3.05) is 20.1 Å². The number of hydrogen-bond donors (Lipinski definition) is 0. The second-order valence-corrected chi connectivity index (χ2v) is 8.07. The second kappa shape index (κ2) is 8.62. The summed E-state index contributed by atoms with van der Waals surface area (Å²) in [6, 6.07) is 16.1. The monoisotopic (exact) mass is 390 g/mol. The van der Waals surface area contributed by atoms with Gasteiger partial charge in [-0.1, -0.05) is 43.3 Å². The molecule has 0 atom stereocenters. The Morgan fingerprint density at radius 1 is 1.00 bits per heavy atom. The van der Waals surface area contributed by atoms with Gasteiger partial charge in [0.15, 0.2) is 0 Å². The standard InChI is InChI=1S/C20H22N2O2S.ClH/c1-3-22(2)13-12-16-8-7-9-17-14-19(15-21-20(16)17)25(23,24)18-10-5-4-6-11-18;/h4-11,14-15H,3,12-13H2,1-2H3;1H. The summed E-state index contributed by atoms with van der Waals surface area (Å²) in [6.07, 6.45) is 2.36. The topological polar surface area (TPSA) is 50.3 Å². The van der Waals surface area contributed by atoms with Crippen molar-refractivity contribution in [1.82, 2.24) is 9.88 Å². The molecular weight excluding hydrogens is 368 g/mol. The molecule has 6 heteroatoms. The van der Waals surface area contributed by atoms with E-state index in [1.54, 1.807) is 36.4 Å². The number of sulfone groups is 1. The lowest BCUT2D eigenvalue weighted by Crippen LogP contribution is -2.20. The molecule has 0 unspecified atom stereocenters. The van der Waals surface area contributed by atoms with Crippen LogP contribution in [0.1, 0.15) is 12.5 Å². The molecular formula is C20H23ClN2O2S. The second-order valence-electron chi connectivity index (χ2n) is 6.12. The number of fused-ring (bicyclic) bond motifs is 1. The number of halogens is 1. The molecule has 1 heterocycles. The number of aromatic nitrogens is 1. The zero-order chi connectivity index (χ0) is 17.9. The first-order valence-corrected chi connectivity index (χ1v) is 9.87. The zero-order valence-electron chi connectivity index (χ0n) is 14.9. The van der Waals surface area contributed by atoms with Gasteiger partial charge in [-0.25, -0.2) is 8.42 Å². The minimum atomic E-state index is -3.54. The highest BCUT2D eigenvalue weighted by atomic mass is 35.5. The van der Waals surface area contributed by atoms with E-state index in [-0.39, 0.29) is 22.2 Å². The average molecular weight is 391 g/mol. The molecule has 0 aliphatic heterocycles. The van der Waals surface area contributed by atoms with Crippen molar-refractivity contribution in [3.8, 4) is 0 Å². The maximum Gasteiger partial charge on any atom is 0.208 e. The summed E-state index contributed by atoms with van der Waals surface area (Å²) < 4.78 is 25.5. The van der Waals surface area contributed by atoms with Gasteiger partial charge in [0.1, 0.15) is 0 Å². The molecule has 0 N–H and O–H groups in total. The molecule has 138 valence electrons. The number of rotatable bonds is 6. The van der Waals surface area contributed by atoms with Crippen LogP contribution in [0.15, 0.2) is 70.6 Å². The minimum absolute atomic E-state index is 0. The van der Waals surface area contributed by atoms with Gasteiger partial charge in [-0.15, -0.1) is 12.4 Å². The third-order valence-electron chi connectivity index (χ3n) is 4.44. The van der Waals surface area contributed by atoms with E-state index in [9.17, 15) is 8.42 Å². The van der Waals surface area contributed by atoms with Gasteiger partial charge in [0, 0.05) is 18.1 Å². The summed E-state index contributed by atoms with van der Waals surface area (Å²) in [7, 11) is -1.46. The van der Waals surface area contributed by atoms with Gasteiger partial charge in [0.25, 0.3) is 0 Å². The fourth-order valence-corrected chi connectivity index (χ4v) is 4.02. The average Bonchev–Trinajstić information content (AvgIpc) is 2.66. The van der Waals surface area contributed by atoms with E-state index in [0.717, 1.165) is 36.0 Å². The van der Waals surface area contributed by atoms with Crippen molar-refractivity contribution in [3.63, 3.8) is 0 Å². The summed E-state index contributed by atoms with van der Waals surface area (Å²) in [5.74, 6) is 0. The van der Waals surface area contributed by atoms with E-state index in [1.807, 2.05) is 12.1 Å². The Hall–Kier alpha value is -1.95. The van der Waals surface area contributed by atoms with Gasteiger partial charge >= 0.3 is 0 Å². The van der Waals surface area contributed by atoms with Crippen LogP contribution in [0, 0.1) is 0 Å². The van der Waals surface area contributed by atoms with Crippen LogP contribution in [-0.2, 0) is 16.3 Å². The Bertz CT molecular complexity index is 976. The van der Waals surface area contributed by atoms with Crippen molar-refractivity contribution in [2.45, 2.75) is 23.1 Å². The number of likely N-dealkylation sites (N-methyl/N-ethyl adjacent to an activating group) is 1. The molecule has 0 saturated heterocycles. The molecule has 3 rings (SSSR count). The van der Waals surface area contributed by atoms with Crippen LogP contribution in [0.4, 0.5) is 0 Å². The molecule has 4 nitrogen and oxygen atoms in total. The summed E-state index contributed by atoms with van der Waals surface area (Å²) >= 11 is 0. The Morgan fingerprint density at radius 3 is 2.42 bits per heavy atom. The van der Waals surface area contributed by atoms with Crippen LogP contribution in [0.5, 0.6) is 0 Å². The van der Waals surface area contributed by atoms with Crippen molar-refractivity contribution in [3.05, 3.63) is 66.4 Å². The molecule has 0 saturated carbocycles. The number of pyridine rings is 1. The van der Waals surface area contributed by atoms with Crippen LogP contribution in [0.2, 0.25) is 0 Å². The minimum Gasteiger partial charge on any atom is -0.306 e. The van der Waals surface area contributed by atoms with Crippen molar-refractivity contribution < 1.29 is 8.42 Å². The Morgan fingerprint density at radius 2 is 1.73 bits per heavy atom. The van der Waals surface area contributed by atoms with Crippen LogP contribution >= 0.6 is 12.4 Å². The lowest BCUT2D eigenvalue weighted by Gasteiger charge is -2.14. The van der Waals surface area contributed by atoms with E-state index < -0.39 is 9.84 Å². The first kappa shape index (κ1) is 20.4. The largest absolute Gasteiger partial charge is 0.306 e. The van der Waals surface area contributed by atoms with Gasteiger partial charge in [0.2, 0.25) is 9.84 Å². The number of hydrogen-bond acceptors (Lipinski definition) is 4. The highest BCUT2D eigenvalue weighted by Gasteiger charge is 2.18. The van der Waals surface area contributed by atoms with Gasteiger partial charge < -0.3 is 4.90 Å². The smallest absolute Gasteiger partial charge is 0.208 e. The quantitative estimate of drug-likeness (QED) is 0.638. The normalized spacial score (nSPS) is 11.5. The Balaban J connectivity index is 0.00000243. The lowest BCUT2D eigenvalue weighted by molar-refractivity contribution is 0.358. The van der Waals surface area contributed by atoms with Crippen LogP contribution in [0.3, 0.4) is 0 Å². The van der Waals surface area contributed by atoms with E-state index in [0.29, 0.717) is 0 Å². The van der Waals surface area contributed by atoms with Gasteiger partial charge in [-0.2, -0.15) is 0 Å². The fourth-order valence-electron chi connectivity index (χ4n) is 2.76. The molecule has 0 radical (unpaired) electrons. The highest BCUT2D eigenvalue weighted by molar-refractivity contribution is 7.91. The maximum atomic E-state index is 12.8. The van der Waals surface area contributed by atoms with Gasteiger partial charge in [-0.05, 0) is 43.8 Å². The lowest BCUT2D eigenvalue weighted by atomic mass is 10.1. The molecule has 0 amide bonds. The SMILES string of the molecule is CCN(C)CCc1cccc2cc(S(=O)(=O)c3ccccc3)cnc12.Cl. The molecule has 3 aromatic rings. The number of benzene rings is 2. The molecule has 0 spiro atoms. The maximum absolute atomic E-state index is 12.8. The highest BCUT2D eigenvalue weighted by Crippen LogP contribution is 2.25. The first-order valence-electron chi connectivity index (χ1n) is 8.38. The van der Waals surface area contributed by atoms with E-state index in [1.165, 1.54) is 6.20 Å². The van der Waals surface area contributed by atoms with Crippen molar-refractivity contribution >= 4 is 33.1 Å². The molecule has 0 bridgehead atoms. The third-order valence-corrected chi connectivity index (χ3v) is 6.17. The molecule has 26 heavy (non-hydrogen) atoms. The Kier molecular flexibility index (Phi) is 6.75.